The number of hydrogen-bond donors (Lipinski definition) is 0. The van der Waals surface area contributed by atoms with Gasteiger partial charge in [0.1, 0.15) is 0 Å². The van der Waals surface area contributed by atoms with Crippen LogP contribution in [0.2, 0.25) is 0 Å². The highest BCUT2D eigenvalue weighted by atomic mass is 15.1. The summed E-state index contributed by atoms with van der Waals surface area (Å²) in [5.74, 6) is 0. The van der Waals surface area contributed by atoms with Gasteiger partial charge in [-0.2, -0.15) is 0 Å². The molecule has 0 saturated heterocycles. The van der Waals surface area contributed by atoms with Crippen LogP contribution in [-0.2, 0) is 0 Å². The molecule has 0 N–H and O–H groups in total. The summed E-state index contributed by atoms with van der Waals surface area (Å²) in [5, 5.41) is 4.93. The molecule has 0 aliphatic carbocycles. The molecule has 0 bridgehead atoms. The molecule has 0 spiro atoms. The van der Waals surface area contributed by atoms with Gasteiger partial charge in [-0.15, -0.1) is 0 Å². The lowest BCUT2D eigenvalue weighted by Crippen LogP contribution is -2.13. The SMILES string of the molecule is c1ccc(-c2ccc(N(c3cccc(-c4cccc5ccccc45)c3)c3ccccc3-c3cccc4cccc(-c5ccccc5)c34)c(-c3ccccc3)c2)cc1. The molecule has 0 amide bonds. The van der Waals surface area contributed by atoms with E-state index in [9.17, 15) is 0 Å². The fourth-order valence-electron chi connectivity index (χ4n) is 8.41. The van der Waals surface area contributed by atoms with Gasteiger partial charge < -0.3 is 4.90 Å². The fourth-order valence-corrected chi connectivity index (χ4v) is 8.41. The Morgan fingerprint density at radius 3 is 1.51 bits per heavy atom. The van der Waals surface area contributed by atoms with E-state index >= 15 is 0 Å². The van der Waals surface area contributed by atoms with Crippen molar-refractivity contribution in [2.24, 2.45) is 0 Å². The smallest absolute Gasteiger partial charge is 0.0540 e. The summed E-state index contributed by atoms with van der Waals surface area (Å²) in [7, 11) is 0. The van der Waals surface area contributed by atoms with Crippen LogP contribution in [0.1, 0.15) is 0 Å². The molecule has 1 heteroatoms. The molecular weight excluding hydrogens is 687 g/mol. The largest absolute Gasteiger partial charge is 0.309 e. The Kier molecular flexibility index (Phi) is 8.95. The number of nitrogens with zero attached hydrogens (tertiary/aromatic N) is 1. The van der Waals surface area contributed by atoms with Crippen LogP contribution in [0, 0.1) is 0 Å². The maximum absolute atomic E-state index is 2.48. The van der Waals surface area contributed by atoms with Crippen molar-refractivity contribution in [3.8, 4) is 55.6 Å². The molecule has 0 heterocycles. The maximum Gasteiger partial charge on any atom is 0.0540 e. The number of rotatable bonds is 8. The van der Waals surface area contributed by atoms with Gasteiger partial charge in [0.15, 0.2) is 0 Å². The Bertz CT molecular complexity index is 2990. The van der Waals surface area contributed by atoms with E-state index in [0.29, 0.717) is 0 Å². The highest BCUT2D eigenvalue weighted by Crippen LogP contribution is 2.48. The number of anilines is 3. The predicted octanol–water partition coefficient (Wildman–Crippen LogP) is 15.8. The molecule has 1 nitrogen and oxygen atoms in total. The lowest BCUT2D eigenvalue weighted by atomic mass is 9.90. The van der Waals surface area contributed by atoms with E-state index in [1.807, 2.05) is 0 Å². The van der Waals surface area contributed by atoms with Gasteiger partial charge in [0.25, 0.3) is 0 Å². The molecule has 0 aliphatic rings. The molecule has 57 heavy (non-hydrogen) atoms. The highest BCUT2D eigenvalue weighted by Gasteiger charge is 2.23. The molecule has 10 aromatic carbocycles. The first-order chi connectivity index (χ1) is 28.3. The van der Waals surface area contributed by atoms with Crippen LogP contribution in [0.3, 0.4) is 0 Å². The van der Waals surface area contributed by atoms with Crippen molar-refractivity contribution in [2.45, 2.75) is 0 Å². The van der Waals surface area contributed by atoms with Crippen molar-refractivity contribution in [1.82, 2.24) is 0 Å². The molecule has 0 fully saturated rings. The van der Waals surface area contributed by atoms with Crippen molar-refractivity contribution in [3.05, 3.63) is 237 Å². The number of benzene rings is 10. The molecule has 0 aliphatic heterocycles. The first kappa shape index (κ1) is 34.0. The lowest BCUT2D eigenvalue weighted by Gasteiger charge is -2.31. The second-order valence-electron chi connectivity index (χ2n) is 14.5. The summed E-state index contributed by atoms with van der Waals surface area (Å²) in [4.78, 5) is 2.48. The highest BCUT2D eigenvalue weighted by molar-refractivity contribution is 6.09. The molecule has 0 aromatic heterocycles. The molecule has 10 aromatic rings. The van der Waals surface area contributed by atoms with Crippen molar-refractivity contribution >= 4 is 38.6 Å². The maximum atomic E-state index is 2.48. The third-order valence-electron chi connectivity index (χ3n) is 11.1. The second kappa shape index (κ2) is 15.0. The van der Waals surface area contributed by atoms with Gasteiger partial charge in [-0.3, -0.25) is 0 Å². The second-order valence-corrected chi connectivity index (χ2v) is 14.5. The van der Waals surface area contributed by atoms with Gasteiger partial charge in [0, 0.05) is 16.8 Å². The third kappa shape index (κ3) is 6.46. The molecule has 0 radical (unpaired) electrons. The van der Waals surface area contributed by atoms with Gasteiger partial charge in [0.05, 0.1) is 11.4 Å². The standard InChI is InChI=1S/C56H39N/c1-4-18-40(19-5-1)45-36-37-55(53(39-45)43-22-8-3-9-23-43)57(47-29-14-28-46(38-47)49-32-15-25-41-24-10-11-30-48(41)49)54-35-13-12-31-51(54)52-34-17-27-44-26-16-33-50(56(44)52)42-20-6-2-7-21-42/h1-39H. The average molecular weight is 726 g/mol. The van der Waals surface area contributed by atoms with Crippen LogP contribution in [0.15, 0.2) is 237 Å². The van der Waals surface area contributed by atoms with Crippen LogP contribution in [-0.4, -0.2) is 0 Å². The van der Waals surface area contributed by atoms with Gasteiger partial charge in [-0.25, -0.2) is 0 Å². The summed E-state index contributed by atoms with van der Waals surface area (Å²) in [6, 6.07) is 85.8. The molecule has 0 saturated carbocycles. The first-order valence-electron chi connectivity index (χ1n) is 19.6. The quantitative estimate of drug-likeness (QED) is 0.151. The Morgan fingerprint density at radius 1 is 0.246 bits per heavy atom. The molecule has 10 rings (SSSR count). The first-order valence-corrected chi connectivity index (χ1v) is 19.6. The normalized spacial score (nSPS) is 11.2. The van der Waals surface area contributed by atoms with Crippen molar-refractivity contribution < 1.29 is 0 Å². The fraction of sp³-hybridized carbons (Fsp3) is 0. The Hall–Kier alpha value is -7.48. The summed E-state index contributed by atoms with van der Waals surface area (Å²) in [6.45, 7) is 0. The lowest BCUT2D eigenvalue weighted by molar-refractivity contribution is 1.28. The minimum absolute atomic E-state index is 1.08. The van der Waals surface area contributed by atoms with Crippen LogP contribution in [0.4, 0.5) is 17.1 Å². The van der Waals surface area contributed by atoms with Crippen molar-refractivity contribution in [1.29, 1.82) is 0 Å². The minimum Gasteiger partial charge on any atom is -0.309 e. The van der Waals surface area contributed by atoms with Crippen LogP contribution < -0.4 is 4.90 Å². The zero-order chi connectivity index (χ0) is 38.0. The van der Waals surface area contributed by atoms with Crippen LogP contribution >= 0.6 is 0 Å². The predicted molar refractivity (Wildman–Crippen MR) is 243 cm³/mol. The molecule has 0 unspecified atom stereocenters. The monoisotopic (exact) mass is 725 g/mol. The van der Waals surface area contributed by atoms with Crippen LogP contribution in [0.25, 0.3) is 77.2 Å². The van der Waals surface area contributed by atoms with E-state index in [-0.39, 0.29) is 0 Å². The van der Waals surface area contributed by atoms with Gasteiger partial charge in [0.2, 0.25) is 0 Å². The third-order valence-corrected chi connectivity index (χ3v) is 11.1. The zero-order valence-corrected chi connectivity index (χ0v) is 31.5. The van der Waals surface area contributed by atoms with Crippen LogP contribution in [0.5, 0.6) is 0 Å². The average Bonchev–Trinajstić information content (AvgIpc) is 3.30. The molecule has 0 atom stereocenters. The van der Waals surface area contributed by atoms with E-state index in [4.69, 9.17) is 0 Å². The van der Waals surface area contributed by atoms with Gasteiger partial charge in [-0.05, 0) is 96.4 Å². The number of para-hydroxylation sites is 1. The summed E-state index contributed by atoms with van der Waals surface area (Å²) < 4.78 is 0. The van der Waals surface area contributed by atoms with Crippen molar-refractivity contribution in [3.63, 3.8) is 0 Å². The minimum atomic E-state index is 1.08. The van der Waals surface area contributed by atoms with E-state index in [1.165, 1.54) is 60.5 Å². The summed E-state index contributed by atoms with van der Waals surface area (Å²) >= 11 is 0. The molecular formula is C56H39N. The van der Waals surface area contributed by atoms with Gasteiger partial charge in [-0.1, -0.05) is 206 Å². The number of hydrogen-bond acceptors (Lipinski definition) is 1. The summed E-state index contributed by atoms with van der Waals surface area (Å²) in [6.07, 6.45) is 0. The number of fused-ring (bicyclic) bond motifs is 2. The zero-order valence-electron chi connectivity index (χ0n) is 31.5. The van der Waals surface area contributed by atoms with E-state index in [2.05, 4.69) is 241 Å². The van der Waals surface area contributed by atoms with Crippen molar-refractivity contribution in [2.75, 3.05) is 4.90 Å². The summed E-state index contributed by atoms with van der Waals surface area (Å²) in [5.41, 5.74) is 15.1. The Balaban J connectivity index is 1.26. The van der Waals surface area contributed by atoms with E-state index in [0.717, 1.165) is 33.8 Å². The molecule has 268 valence electrons. The Morgan fingerprint density at radius 2 is 0.754 bits per heavy atom. The van der Waals surface area contributed by atoms with E-state index in [1.54, 1.807) is 0 Å². The topological polar surface area (TPSA) is 3.24 Å². The van der Waals surface area contributed by atoms with Gasteiger partial charge >= 0.3 is 0 Å². The van der Waals surface area contributed by atoms with E-state index < -0.39 is 0 Å². The Labute approximate surface area is 334 Å².